The molecule has 1 heterocycles. The highest BCUT2D eigenvalue weighted by Crippen LogP contribution is 2.20. The summed E-state index contributed by atoms with van der Waals surface area (Å²) in [5.74, 6) is 0.704. The molecule has 0 N–H and O–H groups in total. The molecule has 1 saturated heterocycles. The maximum atomic E-state index is 12.7. The number of hydrogen-bond acceptors (Lipinski definition) is 4. The molecule has 154 valence electrons. The molecule has 1 fully saturated rings. The van der Waals surface area contributed by atoms with Crippen molar-refractivity contribution in [3.8, 4) is 5.75 Å². The normalized spacial score (nSPS) is 13.9. The lowest BCUT2D eigenvalue weighted by molar-refractivity contribution is -0.134. The van der Waals surface area contributed by atoms with E-state index in [9.17, 15) is 9.59 Å². The van der Waals surface area contributed by atoms with Crippen molar-refractivity contribution in [3.05, 3.63) is 59.2 Å². The predicted octanol–water partition coefficient (Wildman–Crippen LogP) is 2.73. The molecule has 1 aliphatic heterocycles. The van der Waals surface area contributed by atoms with Gasteiger partial charge < -0.3 is 19.4 Å². The first-order valence-corrected chi connectivity index (χ1v) is 9.90. The van der Waals surface area contributed by atoms with E-state index >= 15 is 0 Å². The second-order valence-electron chi connectivity index (χ2n) is 7.60. The Morgan fingerprint density at radius 1 is 0.931 bits per heavy atom. The van der Waals surface area contributed by atoms with Gasteiger partial charge >= 0.3 is 0 Å². The number of carbonyl (C=O) groups excluding carboxylic acids is 2. The molecule has 2 aromatic carbocycles. The fourth-order valence-electron chi connectivity index (χ4n) is 3.35. The van der Waals surface area contributed by atoms with E-state index in [1.54, 1.807) is 9.80 Å². The molecule has 2 amide bonds. The number of rotatable bonds is 5. The molecule has 1 aliphatic rings. The van der Waals surface area contributed by atoms with Crippen LogP contribution in [0.3, 0.4) is 0 Å². The van der Waals surface area contributed by atoms with Crippen molar-refractivity contribution in [1.82, 2.24) is 9.80 Å². The van der Waals surface area contributed by atoms with Gasteiger partial charge in [0.25, 0.3) is 11.8 Å². The van der Waals surface area contributed by atoms with E-state index < -0.39 is 0 Å². The molecule has 3 rings (SSSR count). The van der Waals surface area contributed by atoms with E-state index in [0.717, 1.165) is 22.6 Å². The first-order valence-electron chi connectivity index (χ1n) is 9.90. The topological polar surface area (TPSA) is 53.1 Å². The molecule has 29 heavy (non-hydrogen) atoms. The molecule has 0 unspecified atom stereocenters. The van der Waals surface area contributed by atoms with Gasteiger partial charge in [-0.1, -0.05) is 12.1 Å². The highest BCUT2D eigenvalue weighted by molar-refractivity contribution is 5.94. The predicted molar refractivity (Wildman–Crippen MR) is 115 cm³/mol. The Bertz CT molecular complexity index is 869. The van der Waals surface area contributed by atoms with E-state index in [4.69, 9.17) is 4.74 Å². The van der Waals surface area contributed by atoms with Gasteiger partial charge in [-0.25, -0.2) is 0 Å². The fraction of sp³-hybridized carbons (Fsp3) is 0.391. The van der Waals surface area contributed by atoms with Crippen molar-refractivity contribution in [2.75, 3.05) is 51.8 Å². The molecule has 0 radical (unpaired) electrons. The fourth-order valence-corrected chi connectivity index (χ4v) is 3.35. The third kappa shape index (κ3) is 4.88. The van der Waals surface area contributed by atoms with Crippen LogP contribution >= 0.6 is 0 Å². The van der Waals surface area contributed by atoms with Gasteiger partial charge in [-0.3, -0.25) is 9.59 Å². The van der Waals surface area contributed by atoms with Gasteiger partial charge in [-0.15, -0.1) is 0 Å². The molecular formula is C23H29N3O3. The van der Waals surface area contributed by atoms with Crippen LogP contribution in [0, 0.1) is 13.8 Å². The summed E-state index contributed by atoms with van der Waals surface area (Å²) in [5.41, 5.74) is 3.92. The summed E-state index contributed by atoms with van der Waals surface area (Å²) >= 11 is 0. The minimum absolute atomic E-state index is 0.00837. The standard InChI is InChI=1S/C23H29N3O3/c1-17-6-5-7-21(18(17)2)29-16-22(27)25-12-14-26(15-13-25)23(28)19-8-10-20(11-9-19)24(3)4/h5-11H,12-16H2,1-4H3. The largest absolute Gasteiger partial charge is 0.483 e. The monoisotopic (exact) mass is 395 g/mol. The van der Waals surface area contributed by atoms with Gasteiger partial charge in [0.2, 0.25) is 0 Å². The molecule has 6 nitrogen and oxygen atoms in total. The number of benzene rings is 2. The average Bonchev–Trinajstić information content (AvgIpc) is 2.74. The highest BCUT2D eigenvalue weighted by Gasteiger charge is 2.25. The zero-order chi connectivity index (χ0) is 21.0. The number of carbonyl (C=O) groups is 2. The molecule has 0 aromatic heterocycles. The summed E-state index contributed by atoms with van der Waals surface area (Å²) in [6, 6.07) is 13.4. The quantitative estimate of drug-likeness (QED) is 0.781. The average molecular weight is 396 g/mol. The van der Waals surface area contributed by atoms with Crippen molar-refractivity contribution in [2.24, 2.45) is 0 Å². The van der Waals surface area contributed by atoms with Gasteiger partial charge in [-0.05, 0) is 55.3 Å². The molecule has 0 aliphatic carbocycles. The van der Waals surface area contributed by atoms with Crippen molar-refractivity contribution >= 4 is 17.5 Å². The van der Waals surface area contributed by atoms with E-state index in [0.29, 0.717) is 31.7 Å². The van der Waals surface area contributed by atoms with E-state index in [1.807, 2.05) is 75.3 Å². The SMILES string of the molecule is Cc1cccc(OCC(=O)N2CCN(C(=O)c3ccc(N(C)C)cc3)CC2)c1C. The van der Waals surface area contributed by atoms with E-state index in [1.165, 1.54) is 0 Å². The van der Waals surface area contributed by atoms with Crippen molar-refractivity contribution in [1.29, 1.82) is 0 Å². The number of ether oxygens (including phenoxy) is 1. The number of anilines is 1. The molecule has 0 atom stereocenters. The minimum Gasteiger partial charge on any atom is -0.483 e. The zero-order valence-corrected chi connectivity index (χ0v) is 17.6. The smallest absolute Gasteiger partial charge is 0.260 e. The lowest BCUT2D eigenvalue weighted by Crippen LogP contribution is -2.51. The summed E-state index contributed by atoms with van der Waals surface area (Å²) in [7, 11) is 3.94. The lowest BCUT2D eigenvalue weighted by atomic mass is 10.1. The summed E-state index contributed by atoms with van der Waals surface area (Å²) < 4.78 is 5.73. The van der Waals surface area contributed by atoms with Crippen molar-refractivity contribution < 1.29 is 14.3 Å². The number of hydrogen-bond donors (Lipinski definition) is 0. The van der Waals surface area contributed by atoms with Crippen LogP contribution < -0.4 is 9.64 Å². The van der Waals surface area contributed by atoms with Crippen LogP contribution in [0.15, 0.2) is 42.5 Å². The van der Waals surface area contributed by atoms with Crippen LogP contribution in [0.4, 0.5) is 5.69 Å². The summed E-state index contributed by atoms with van der Waals surface area (Å²) in [5, 5.41) is 0. The molecule has 0 spiro atoms. The third-order valence-corrected chi connectivity index (χ3v) is 5.46. The second-order valence-corrected chi connectivity index (χ2v) is 7.60. The van der Waals surface area contributed by atoms with Gasteiger partial charge in [0.1, 0.15) is 5.75 Å². The first-order chi connectivity index (χ1) is 13.9. The third-order valence-electron chi connectivity index (χ3n) is 5.46. The van der Waals surface area contributed by atoms with Crippen LogP contribution in [-0.2, 0) is 4.79 Å². The summed E-state index contributed by atoms with van der Waals surface area (Å²) in [6.07, 6.45) is 0. The summed E-state index contributed by atoms with van der Waals surface area (Å²) in [6.45, 7) is 6.14. The first kappa shape index (κ1) is 20.7. The minimum atomic E-state index is -0.0478. The Kier molecular flexibility index (Phi) is 6.42. The van der Waals surface area contributed by atoms with E-state index in [2.05, 4.69) is 0 Å². The number of piperazine rings is 1. The molecular weight excluding hydrogens is 366 g/mol. The number of nitrogens with zero attached hydrogens (tertiary/aromatic N) is 3. The van der Waals surface area contributed by atoms with Crippen LogP contribution in [0.25, 0.3) is 0 Å². The van der Waals surface area contributed by atoms with Crippen molar-refractivity contribution in [3.63, 3.8) is 0 Å². The Balaban J connectivity index is 1.51. The molecule has 6 heteroatoms. The summed E-state index contributed by atoms with van der Waals surface area (Å²) in [4.78, 5) is 30.8. The second kappa shape index (κ2) is 8.99. The Labute approximate surface area is 172 Å². The van der Waals surface area contributed by atoms with Crippen LogP contribution in [0.5, 0.6) is 5.75 Å². The van der Waals surface area contributed by atoms with Gasteiger partial charge in [0.05, 0.1) is 0 Å². The molecule has 0 bridgehead atoms. The molecule has 0 saturated carbocycles. The molecule has 2 aromatic rings. The zero-order valence-electron chi connectivity index (χ0n) is 17.6. The van der Waals surface area contributed by atoms with Gasteiger partial charge in [-0.2, -0.15) is 0 Å². The van der Waals surface area contributed by atoms with Crippen LogP contribution in [-0.4, -0.2) is 68.5 Å². The lowest BCUT2D eigenvalue weighted by Gasteiger charge is -2.34. The van der Waals surface area contributed by atoms with Crippen LogP contribution in [0.2, 0.25) is 0 Å². The number of aryl methyl sites for hydroxylation is 1. The Morgan fingerprint density at radius 3 is 2.17 bits per heavy atom. The van der Waals surface area contributed by atoms with E-state index in [-0.39, 0.29) is 18.4 Å². The number of amides is 2. The van der Waals surface area contributed by atoms with Gasteiger partial charge in [0.15, 0.2) is 6.61 Å². The van der Waals surface area contributed by atoms with Gasteiger partial charge in [0, 0.05) is 51.5 Å². The van der Waals surface area contributed by atoms with Crippen molar-refractivity contribution in [2.45, 2.75) is 13.8 Å². The highest BCUT2D eigenvalue weighted by atomic mass is 16.5. The maximum Gasteiger partial charge on any atom is 0.260 e. The Morgan fingerprint density at radius 2 is 1.55 bits per heavy atom. The maximum absolute atomic E-state index is 12.7. The van der Waals surface area contributed by atoms with Crippen LogP contribution in [0.1, 0.15) is 21.5 Å². The Hall–Kier alpha value is -3.02.